The number of nitrogens with zero attached hydrogens (tertiary/aromatic N) is 1. The molecule has 1 atom stereocenters. The Balaban J connectivity index is 1.72. The van der Waals surface area contributed by atoms with Crippen molar-refractivity contribution < 1.29 is 0 Å². The standard InChI is InChI=1S/C15H17NS/c1-2-7-15-12(4-1)5-3-6-13(15)8-9-14-10-16-11-17-14/h1-2,4,7,10-11,13H,3,5-6,8-9H2. The highest BCUT2D eigenvalue weighted by Crippen LogP contribution is 2.34. The fourth-order valence-corrected chi connectivity index (χ4v) is 3.45. The van der Waals surface area contributed by atoms with Crippen LogP contribution in [-0.4, -0.2) is 4.98 Å². The molecule has 0 aliphatic heterocycles. The zero-order valence-corrected chi connectivity index (χ0v) is 10.7. The number of fused-ring (bicyclic) bond motifs is 1. The molecule has 2 heteroatoms. The van der Waals surface area contributed by atoms with Gasteiger partial charge in [0, 0.05) is 11.1 Å². The third kappa shape index (κ3) is 2.42. The van der Waals surface area contributed by atoms with Crippen molar-refractivity contribution in [2.75, 3.05) is 0 Å². The van der Waals surface area contributed by atoms with Gasteiger partial charge in [0.05, 0.1) is 5.51 Å². The molecule has 3 rings (SSSR count). The van der Waals surface area contributed by atoms with E-state index in [1.165, 1.54) is 37.0 Å². The lowest BCUT2D eigenvalue weighted by atomic mass is 9.80. The smallest absolute Gasteiger partial charge is 0.0794 e. The van der Waals surface area contributed by atoms with Crippen LogP contribution in [0.2, 0.25) is 0 Å². The average Bonchev–Trinajstić information content (AvgIpc) is 2.89. The molecule has 1 heterocycles. The summed E-state index contributed by atoms with van der Waals surface area (Å²) in [5.74, 6) is 0.766. The van der Waals surface area contributed by atoms with Gasteiger partial charge in [0.1, 0.15) is 0 Å². The molecule has 1 aromatic carbocycles. The minimum Gasteiger partial charge on any atom is -0.253 e. The molecule has 1 aliphatic rings. The van der Waals surface area contributed by atoms with Crippen LogP contribution in [-0.2, 0) is 12.8 Å². The Hall–Kier alpha value is -1.15. The van der Waals surface area contributed by atoms with Crippen molar-refractivity contribution in [1.82, 2.24) is 4.98 Å². The van der Waals surface area contributed by atoms with Crippen molar-refractivity contribution >= 4 is 11.3 Å². The van der Waals surface area contributed by atoms with Gasteiger partial charge in [-0.2, -0.15) is 0 Å². The van der Waals surface area contributed by atoms with Crippen molar-refractivity contribution in [2.45, 2.75) is 38.0 Å². The van der Waals surface area contributed by atoms with Gasteiger partial charge >= 0.3 is 0 Å². The van der Waals surface area contributed by atoms with E-state index in [0.29, 0.717) is 0 Å². The minimum absolute atomic E-state index is 0.766. The van der Waals surface area contributed by atoms with E-state index in [1.54, 1.807) is 22.5 Å². The molecule has 2 aromatic rings. The maximum atomic E-state index is 4.15. The number of aryl methyl sites for hydroxylation is 2. The zero-order chi connectivity index (χ0) is 11.5. The van der Waals surface area contributed by atoms with Crippen LogP contribution in [0.1, 0.15) is 41.2 Å². The van der Waals surface area contributed by atoms with E-state index in [2.05, 4.69) is 29.2 Å². The number of hydrogen-bond donors (Lipinski definition) is 0. The first-order valence-electron chi connectivity index (χ1n) is 6.38. The monoisotopic (exact) mass is 243 g/mol. The summed E-state index contributed by atoms with van der Waals surface area (Å²) < 4.78 is 0. The van der Waals surface area contributed by atoms with E-state index in [1.807, 2.05) is 11.7 Å². The molecular formula is C15H17NS. The molecular weight excluding hydrogens is 226 g/mol. The van der Waals surface area contributed by atoms with Gasteiger partial charge in [-0.25, -0.2) is 0 Å². The fourth-order valence-electron chi connectivity index (χ4n) is 2.84. The summed E-state index contributed by atoms with van der Waals surface area (Å²) in [6.45, 7) is 0. The van der Waals surface area contributed by atoms with E-state index in [0.717, 1.165) is 5.92 Å². The summed E-state index contributed by atoms with van der Waals surface area (Å²) in [6, 6.07) is 8.98. The highest BCUT2D eigenvalue weighted by molar-refractivity contribution is 7.09. The van der Waals surface area contributed by atoms with Crippen LogP contribution in [0.25, 0.3) is 0 Å². The van der Waals surface area contributed by atoms with Gasteiger partial charge < -0.3 is 0 Å². The zero-order valence-electron chi connectivity index (χ0n) is 9.93. The van der Waals surface area contributed by atoms with Crippen LogP contribution in [0.3, 0.4) is 0 Å². The van der Waals surface area contributed by atoms with Gasteiger partial charge in [-0.1, -0.05) is 24.3 Å². The predicted octanol–water partition coefficient (Wildman–Crippen LogP) is 4.20. The Bertz CT molecular complexity index is 475. The van der Waals surface area contributed by atoms with Gasteiger partial charge in [-0.3, -0.25) is 4.98 Å². The molecule has 1 aromatic heterocycles. The third-order valence-corrected chi connectivity index (χ3v) is 4.56. The second-order valence-electron chi connectivity index (χ2n) is 4.79. The highest BCUT2D eigenvalue weighted by atomic mass is 32.1. The van der Waals surface area contributed by atoms with Crippen molar-refractivity contribution in [2.24, 2.45) is 0 Å². The lowest BCUT2D eigenvalue weighted by molar-refractivity contribution is 0.522. The molecule has 0 fully saturated rings. The van der Waals surface area contributed by atoms with Crippen molar-refractivity contribution in [3.8, 4) is 0 Å². The summed E-state index contributed by atoms with van der Waals surface area (Å²) in [6.07, 6.45) is 8.45. The summed E-state index contributed by atoms with van der Waals surface area (Å²) in [7, 11) is 0. The third-order valence-electron chi connectivity index (χ3n) is 3.72. The van der Waals surface area contributed by atoms with Gasteiger partial charge in [0.15, 0.2) is 0 Å². The van der Waals surface area contributed by atoms with E-state index in [9.17, 15) is 0 Å². The largest absolute Gasteiger partial charge is 0.253 e. The lowest BCUT2D eigenvalue weighted by Crippen LogP contribution is -2.10. The summed E-state index contributed by atoms with van der Waals surface area (Å²) in [4.78, 5) is 5.57. The SMILES string of the molecule is c1ccc2c(c1)CCCC2CCc1cncs1. The van der Waals surface area contributed by atoms with E-state index >= 15 is 0 Å². The van der Waals surface area contributed by atoms with Gasteiger partial charge in [-0.05, 0) is 49.1 Å². The number of thiazole rings is 1. The minimum atomic E-state index is 0.766. The fraction of sp³-hybridized carbons (Fsp3) is 0.400. The quantitative estimate of drug-likeness (QED) is 0.787. The molecule has 0 amide bonds. The van der Waals surface area contributed by atoms with Gasteiger partial charge in [0.25, 0.3) is 0 Å². The molecule has 1 aliphatic carbocycles. The maximum absolute atomic E-state index is 4.15. The molecule has 0 bridgehead atoms. The molecule has 0 spiro atoms. The van der Waals surface area contributed by atoms with Crippen LogP contribution in [0.15, 0.2) is 36.0 Å². The Morgan fingerprint density at radius 1 is 1.29 bits per heavy atom. The van der Waals surface area contributed by atoms with E-state index in [-0.39, 0.29) is 0 Å². The first-order valence-corrected chi connectivity index (χ1v) is 7.26. The van der Waals surface area contributed by atoms with Crippen molar-refractivity contribution in [1.29, 1.82) is 0 Å². The normalized spacial score (nSPS) is 18.9. The second kappa shape index (κ2) is 5.01. The van der Waals surface area contributed by atoms with E-state index < -0.39 is 0 Å². The van der Waals surface area contributed by atoms with Crippen molar-refractivity contribution in [3.05, 3.63) is 52.0 Å². The number of rotatable bonds is 3. The molecule has 0 radical (unpaired) electrons. The predicted molar refractivity (Wildman–Crippen MR) is 72.6 cm³/mol. The summed E-state index contributed by atoms with van der Waals surface area (Å²) in [5.41, 5.74) is 5.11. The Kier molecular flexibility index (Phi) is 3.23. The Morgan fingerprint density at radius 3 is 3.12 bits per heavy atom. The number of benzene rings is 1. The maximum Gasteiger partial charge on any atom is 0.0794 e. The highest BCUT2D eigenvalue weighted by Gasteiger charge is 2.19. The second-order valence-corrected chi connectivity index (χ2v) is 5.77. The van der Waals surface area contributed by atoms with Crippen molar-refractivity contribution in [3.63, 3.8) is 0 Å². The van der Waals surface area contributed by atoms with Crippen LogP contribution in [0.5, 0.6) is 0 Å². The molecule has 1 nitrogen and oxygen atoms in total. The van der Waals surface area contributed by atoms with Crippen LogP contribution < -0.4 is 0 Å². The van der Waals surface area contributed by atoms with Crippen LogP contribution in [0, 0.1) is 0 Å². The summed E-state index contributed by atoms with van der Waals surface area (Å²) in [5, 5.41) is 0. The Labute approximate surface area is 107 Å². The number of aromatic nitrogens is 1. The molecule has 17 heavy (non-hydrogen) atoms. The lowest BCUT2D eigenvalue weighted by Gasteiger charge is -2.25. The molecule has 0 saturated heterocycles. The molecule has 0 saturated carbocycles. The van der Waals surface area contributed by atoms with Gasteiger partial charge in [0.2, 0.25) is 0 Å². The average molecular weight is 243 g/mol. The van der Waals surface area contributed by atoms with Crippen LogP contribution >= 0.6 is 11.3 Å². The topological polar surface area (TPSA) is 12.9 Å². The number of hydrogen-bond acceptors (Lipinski definition) is 2. The summed E-state index contributed by atoms with van der Waals surface area (Å²) >= 11 is 1.78. The molecule has 88 valence electrons. The van der Waals surface area contributed by atoms with Gasteiger partial charge in [-0.15, -0.1) is 11.3 Å². The van der Waals surface area contributed by atoms with Crippen LogP contribution in [0.4, 0.5) is 0 Å². The Morgan fingerprint density at radius 2 is 2.24 bits per heavy atom. The molecule has 1 unspecified atom stereocenters. The first kappa shape index (κ1) is 11.0. The van der Waals surface area contributed by atoms with E-state index in [4.69, 9.17) is 0 Å². The first-order chi connectivity index (χ1) is 8.43. The molecule has 0 N–H and O–H groups in total.